The summed E-state index contributed by atoms with van der Waals surface area (Å²) in [5.74, 6) is 0.192. The number of likely N-dealkylation sites (N-methyl/N-ethyl adjacent to an activating group) is 1. The number of anilines is 2. The first kappa shape index (κ1) is 29.1. The number of nitrogens with one attached hydrogen (secondary N) is 1. The number of fused-ring (bicyclic) bond motifs is 1. The lowest BCUT2D eigenvalue weighted by atomic mass is 10.0. The molecule has 0 bridgehead atoms. The first-order valence-corrected chi connectivity index (χ1v) is 12.4. The molecule has 0 aliphatic carbocycles. The largest absolute Gasteiger partial charge is 0.488 e. The minimum Gasteiger partial charge on any atom is -0.488 e. The fraction of sp³-hybridized carbons (Fsp3) is 0.481. The van der Waals surface area contributed by atoms with E-state index < -0.39 is 29.9 Å². The van der Waals surface area contributed by atoms with Crippen LogP contribution in [0.15, 0.2) is 42.5 Å². The molecule has 3 amide bonds. The van der Waals surface area contributed by atoms with Gasteiger partial charge in [-0.15, -0.1) is 0 Å². The third kappa shape index (κ3) is 7.09. The number of hydrogen-bond acceptors (Lipinski definition) is 5. The van der Waals surface area contributed by atoms with Gasteiger partial charge in [0, 0.05) is 50.5 Å². The average molecular weight is 537 g/mol. The zero-order chi connectivity index (χ0) is 28.2. The number of carbonyl (C=O) groups is 2. The molecule has 0 unspecified atom stereocenters. The third-order valence-electron chi connectivity index (χ3n) is 6.68. The maximum absolute atomic E-state index is 13.2. The minimum absolute atomic E-state index is 0.102. The highest BCUT2D eigenvalue weighted by Gasteiger charge is 2.32. The van der Waals surface area contributed by atoms with Gasteiger partial charge in [0.05, 0.1) is 31.2 Å². The van der Waals surface area contributed by atoms with Crippen LogP contribution in [-0.2, 0) is 17.4 Å². The molecule has 2 aromatic carbocycles. The van der Waals surface area contributed by atoms with Crippen molar-refractivity contribution in [2.75, 3.05) is 51.1 Å². The van der Waals surface area contributed by atoms with Crippen molar-refractivity contribution in [3.05, 3.63) is 53.6 Å². The van der Waals surface area contributed by atoms with Crippen molar-refractivity contribution >= 4 is 23.3 Å². The van der Waals surface area contributed by atoms with Crippen LogP contribution in [0.4, 0.5) is 29.3 Å². The Morgan fingerprint density at radius 3 is 2.42 bits per heavy atom. The lowest BCUT2D eigenvalue weighted by molar-refractivity contribution is -0.137. The monoisotopic (exact) mass is 536 g/mol. The average Bonchev–Trinajstić information content (AvgIpc) is 2.90. The number of carbonyl (C=O) groups excluding carboxylic acids is 2. The molecule has 0 spiro atoms. The molecule has 1 aliphatic heterocycles. The molecule has 11 heteroatoms. The molecule has 1 heterocycles. The van der Waals surface area contributed by atoms with E-state index in [0.29, 0.717) is 17.9 Å². The Bertz CT molecular complexity index is 1120. The van der Waals surface area contributed by atoms with Gasteiger partial charge in [0.1, 0.15) is 11.9 Å². The molecule has 208 valence electrons. The van der Waals surface area contributed by atoms with E-state index in [0.717, 1.165) is 17.8 Å². The fourth-order valence-corrected chi connectivity index (χ4v) is 4.23. The number of hydrogen-bond donors (Lipinski definition) is 2. The number of aliphatic hydroxyl groups is 1. The van der Waals surface area contributed by atoms with Gasteiger partial charge in [-0.1, -0.05) is 6.92 Å². The molecule has 8 nitrogen and oxygen atoms in total. The van der Waals surface area contributed by atoms with E-state index in [9.17, 15) is 27.9 Å². The smallest absolute Gasteiger partial charge is 0.416 e. The summed E-state index contributed by atoms with van der Waals surface area (Å²) < 4.78 is 44.9. The van der Waals surface area contributed by atoms with Crippen molar-refractivity contribution in [1.29, 1.82) is 0 Å². The van der Waals surface area contributed by atoms with E-state index in [4.69, 9.17) is 4.74 Å². The topological polar surface area (TPSA) is 85.4 Å². The van der Waals surface area contributed by atoms with Crippen LogP contribution in [0, 0.1) is 5.92 Å². The predicted molar refractivity (Wildman–Crippen MR) is 139 cm³/mol. The zero-order valence-electron chi connectivity index (χ0n) is 22.2. The summed E-state index contributed by atoms with van der Waals surface area (Å²) in [6.07, 6.45) is -4.87. The fourth-order valence-electron chi connectivity index (χ4n) is 4.23. The Balaban J connectivity index is 1.83. The van der Waals surface area contributed by atoms with Crippen LogP contribution in [0.2, 0.25) is 0 Å². The molecule has 0 saturated carbocycles. The lowest BCUT2D eigenvalue weighted by Gasteiger charge is -2.34. The van der Waals surface area contributed by atoms with E-state index in [1.807, 2.05) is 44.1 Å². The number of rotatable bonds is 6. The van der Waals surface area contributed by atoms with Crippen LogP contribution in [-0.4, -0.2) is 79.8 Å². The van der Waals surface area contributed by atoms with E-state index in [1.54, 1.807) is 18.9 Å². The molecule has 0 fully saturated rings. The number of nitrogens with zero attached hydrogens (tertiary/aromatic N) is 3. The molecule has 38 heavy (non-hydrogen) atoms. The Labute approximate surface area is 221 Å². The number of halogens is 3. The summed E-state index contributed by atoms with van der Waals surface area (Å²) in [5.41, 5.74) is 1.03. The van der Waals surface area contributed by atoms with Crippen LogP contribution in [0.5, 0.6) is 5.75 Å². The zero-order valence-corrected chi connectivity index (χ0v) is 22.2. The van der Waals surface area contributed by atoms with Crippen LogP contribution >= 0.6 is 0 Å². The maximum Gasteiger partial charge on any atom is 0.416 e. The lowest BCUT2D eigenvalue weighted by Crippen LogP contribution is -2.48. The summed E-state index contributed by atoms with van der Waals surface area (Å²) in [7, 11) is 5.36. The second-order valence-electron chi connectivity index (χ2n) is 9.96. The highest BCUT2D eigenvalue weighted by Crippen LogP contribution is 2.31. The van der Waals surface area contributed by atoms with E-state index in [-0.39, 0.29) is 37.1 Å². The van der Waals surface area contributed by atoms with E-state index in [2.05, 4.69) is 5.32 Å². The molecule has 3 rings (SSSR count). The quantitative estimate of drug-likeness (QED) is 0.581. The molecule has 0 saturated heterocycles. The van der Waals surface area contributed by atoms with Crippen LogP contribution < -0.4 is 15.0 Å². The molecule has 0 aromatic heterocycles. The van der Waals surface area contributed by atoms with Crippen molar-refractivity contribution in [3.63, 3.8) is 0 Å². The summed E-state index contributed by atoms with van der Waals surface area (Å²) in [6.45, 7) is 3.96. The Morgan fingerprint density at radius 1 is 1.18 bits per heavy atom. The van der Waals surface area contributed by atoms with Gasteiger partial charge in [0.25, 0.3) is 0 Å². The molecule has 0 radical (unpaired) electrons. The van der Waals surface area contributed by atoms with Gasteiger partial charge in [0.15, 0.2) is 0 Å². The Kier molecular flexibility index (Phi) is 9.14. The highest BCUT2D eigenvalue weighted by molar-refractivity contribution is 5.89. The second kappa shape index (κ2) is 11.9. The van der Waals surface area contributed by atoms with Gasteiger partial charge in [-0.2, -0.15) is 13.2 Å². The predicted octanol–water partition coefficient (Wildman–Crippen LogP) is 4.08. The number of alkyl halides is 3. The number of benzene rings is 2. The molecular weight excluding hydrogens is 501 g/mol. The first-order chi connectivity index (χ1) is 17.8. The SMILES string of the molecule is C[C@@H]1CN([C@H](C)CO)C(=O)Cc2cc(N(C)C)ccc2O[C@H]1CN(C)C(=O)Nc1ccc(C(F)(F)F)cc1. The van der Waals surface area contributed by atoms with Gasteiger partial charge < -0.3 is 29.9 Å². The maximum atomic E-state index is 13.2. The number of urea groups is 1. The Morgan fingerprint density at radius 2 is 1.84 bits per heavy atom. The molecule has 2 N–H and O–H groups in total. The van der Waals surface area contributed by atoms with Gasteiger partial charge in [0.2, 0.25) is 5.91 Å². The molecule has 2 aromatic rings. The van der Waals surface area contributed by atoms with Crippen molar-refractivity contribution in [3.8, 4) is 5.75 Å². The van der Waals surface area contributed by atoms with Crippen LogP contribution in [0.25, 0.3) is 0 Å². The summed E-state index contributed by atoms with van der Waals surface area (Å²) in [4.78, 5) is 31.1. The first-order valence-electron chi connectivity index (χ1n) is 12.4. The van der Waals surface area contributed by atoms with Crippen molar-refractivity contribution < 1.29 is 32.6 Å². The number of aliphatic hydroxyl groups excluding tert-OH is 1. The van der Waals surface area contributed by atoms with E-state index >= 15 is 0 Å². The van der Waals surface area contributed by atoms with Crippen molar-refractivity contribution in [2.45, 2.75) is 38.6 Å². The summed E-state index contributed by atoms with van der Waals surface area (Å²) in [5, 5.41) is 12.4. The minimum atomic E-state index is -4.46. The number of amides is 3. The van der Waals surface area contributed by atoms with Gasteiger partial charge >= 0.3 is 12.2 Å². The summed E-state index contributed by atoms with van der Waals surface area (Å²) in [6, 6.07) is 8.90. The summed E-state index contributed by atoms with van der Waals surface area (Å²) >= 11 is 0. The standard InChI is InChI=1S/C27H35F3N4O4/c1-17-14-34(18(2)16-35)25(36)13-19-12-22(32(3)4)10-11-23(19)38-24(17)15-33(5)26(37)31-21-8-6-20(7-9-21)27(28,29)30/h6-12,17-18,24,35H,13-16H2,1-5H3,(H,31,37)/t17-,18-,24+/m1/s1. The van der Waals surface area contributed by atoms with E-state index in [1.165, 1.54) is 17.0 Å². The Hall–Kier alpha value is -3.47. The van der Waals surface area contributed by atoms with Crippen LogP contribution in [0.1, 0.15) is 25.0 Å². The highest BCUT2D eigenvalue weighted by atomic mass is 19.4. The number of ether oxygens (including phenoxy) is 1. The van der Waals surface area contributed by atoms with Gasteiger partial charge in [-0.3, -0.25) is 4.79 Å². The van der Waals surface area contributed by atoms with Crippen molar-refractivity contribution in [2.24, 2.45) is 5.92 Å². The molecule has 1 aliphatic rings. The normalized spacial score (nSPS) is 18.9. The molecular formula is C27H35F3N4O4. The van der Waals surface area contributed by atoms with Crippen molar-refractivity contribution in [1.82, 2.24) is 9.80 Å². The van der Waals surface area contributed by atoms with Crippen LogP contribution in [0.3, 0.4) is 0 Å². The molecule has 3 atom stereocenters. The second-order valence-corrected chi connectivity index (χ2v) is 9.96. The third-order valence-corrected chi connectivity index (χ3v) is 6.68. The van der Waals surface area contributed by atoms with Gasteiger partial charge in [-0.05, 0) is 49.4 Å². The van der Waals surface area contributed by atoms with Gasteiger partial charge in [-0.25, -0.2) is 4.79 Å².